The smallest absolute Gasteiger partial charge is 0.257 e. The van der Waals surface area contributed by atoms with Crippen molar-refractivity contribution in [3.63, 3.8) is 0 Å². The summed E-state index contributed by atoms with van der Waals surface area (Å²) in [5.41, 5.74) is 0.803. The molecule has 0 bridgehead atoms. The van der Waals surface area contributed by atoms with Gasteiger partial charge in [-0.2, -0.15) is 0 Å². The maximum Gasteiger partial charge on any atom is 0.257 e. The molecule has 1 amide bonds. The molecule has 6 heteroatoms. The summed E-state index contributed by atoms with van der Waals surface area (Å²) in [5.74, 6) is -0.209. The molecule has 0 saturated carbocycles. The first-order valence-electron chi connectivity index (χ1n) is 6.22. The average molecular weight is 283 g/mol. The van der Waals surface area contributed by atoms with Crippen LogP contribution in [0.25, 0.3) is 0 Å². The highest BCUT2D eigenvalue weighted by atomic mass is 32.2. The van der Waals surface area contributed by atoms with Gasteiger partial charge in [0.25, 0.3) is 5.91 Å². The van der Waals surface area contributed by atoms with Crippen LogP contribution >= 0.6 is 11.8 Å². The molecule has 2 heterocycles. The molecule has 2 unspecified atom stereocenters. The van der Waals surface area contributed by atoms with Crippen LogP contribution in [0.2, 0.25) is 0 Å². The predicted molar refractivity (Wildman–Crippen MR) is 69.7 cm³/mol. The Morgan fingerprint density at radius 3 is 3.11 bits per heavy atom. The molecule has 1 fully saturated rings. The molecule has 0 spiro atoms. The van der Waals surface area contributed by atoms with Gasteiger partial charge in [0, 0.05) is 28.5 Å². The second kappa shape index (κ2) is 5.11. The largest absolute Gasteiger partial charge is 0.378 e. The molecule has 102 valence electrons. The lowest BCUT2D eigenvalue weighted by molar-refractivity contribution is -0.123. The summed E-state index contributed by atoms with van der Waals surface area (Å²) in [6.07, 6.45) is 0.981. The Hall–Kier alpha value is -1.11. The number of benzene rings is 1. The molecule has 0 aliphatic carbocycles. The van der Waals surface area contributed by atoms with Crippen LogP contribution in [0, 0.1) is 5.82 Å². The SMILES string of the molecule is O=C1Nc2cc(SCC3CCCO3)c(F)cc2C1O. The Morgan fingerprint density at radius 2 is 2.37 bits per heavy atom. The number of fused-ring (bicyclic) bond motifs is 1. The minimum Gasteiger partial charge on any atom is -0.378 e. The average Bonchev–Trinajstić information content (AvgIpc) is 2.98. The van der Waals surface area contributed by atoms with E-state index in [1.54, 1.807) is 6.07 Å². The van der Waals surface area contributed by atoms with Gasteiger partial charge in [-0.25, -0.2) is 4.39 Å². The molecular weight excluding hydrogens is 269 g/mol. The zero-order valence-corrected chi connectivity index (χ0v) is 11.0. The van der Waals surface area contributed by atoms with E-state index in [-0.39, 0.29) is 6.10 Å². The lowest BCUT2D eigenvalue weighted by Gasteiger charge is -2.10. The van der Waals surface area contributed by atoms with E-state index in [1.165, 1.54) is 17.8 Å². The van der Waals surface area contributed by atoms with E-state index in [1.807, 2.05) is 0 Å². The van der Waals surface area contributed by atoms with Crippen LogP contribution in [-0.2, 0) is 9.53 Å². The van der Waals surface area contributed by atoms with Crippen molar-refractivity contribution in [1.29, 1.82) is 0 Å². The van der Waals surface area contributed by atoms with Gasteiger partial charge in [0.05, 0.1) is 6.10 Å². The highest BCUT2D eigenvalue weighted by molar-refractivity contribution is 7.99. The molecule has 2 aliphatic heterocycles. The minimum atomic E-state index is -1.26. The van der Waals surface area contributed by atoms with Crippen molar-refractivity contribution in [2.24, 2.45) is 0 Å². The van der Waals surface area contributed by atoms with Crippen molar-refractivity contribution in [1.82, 2.24) is 0 Å². The summed E-state index contributed by atoms with van der Waals surface area (Å²) < 4.78 is 19.4. The van der Waals surface area contributed by atoms with Gasteiger partial charge in [0.15, 0.2) is 6.10 Å². The number of ether oxygens (including phenoxy) is 1. The van der Waals surface area contributed by atoms with Crippen molar-refractivity contribution in [3.05, 3.63) is 23.5 Å². The summed E-state index contributed by atoms with van der Waals surface area (Å²) >= 11 is 1.38. The number of rotatable bonds is 3. The minimum absolute atomic E-state index is 0.179. The third kappa shape index (κ3) is 2.48. The molecule has 2 atom stereocenters. The topological polar surface area (TPSA) is 58.6 Å². The van der Waals surface area contributed by atoms with Crippen LogP contribution in [0.1, 0.15) is 24.5 Å². The van der Waals surface area contributed by atoms with E-state index >= 15 is 0 Å². The third-order valence-electron chi connectivity index (χ3n) is 3.35. The molecule has 3 rings (SSSR count). The van der Waals surface area contributed by atoms with E-state index in [0.29, 0.717) is 21.9 Å². The third-order valence-corrected chi connectivity index (χ3v) is 4.52. The Bertz CT molecular complexity index is 517. The van der Waals surface area contributed by atoms with E-state index in [4.69, 9.17) is 4.74 Å². The van der Waals surface area contributed by atoms with Crippen LogP contribution in [-0.4, -0.2) is 29.5 Å². The molecule has 19 heavy (non-hydrogen) atoms. The van der Waals surface area contributed by atoms with Crippen LogP contribution in [0.15, 0.2) is 17.0 Å². The fraction of sp³-hybridized carbons (Fsp3) is 0.462. The Kier molecular flexibility index (Phi) is 3.47. The number of aliphatic hydroxyl groups is 1. The van der Waals surface area contributed by atoms with Crippen molar-refractivity contribution in [2.75, 3.05) is 17.7 Å². The van der Waals surface area contributed by atoms with E-state index in [9.17, 15) is 14.3 Å². The van der Waals surface area contributed by atoms with Gasteiger partial charge in [-0.3, -0.25) is 4.79 Å². The molecular formula is C13H14FNO3S. The van der Waals surface area contributed by atoms with Gasteiger partial charge in [-0.15, -0.1) is 11.8 Å². The number of anilines is 1. The number of carbonyl (C=O) groups is 1. The molecule has 4 nitrogen and oxygen atoms in total. The van der Waals surface area contributed by atoms with Crippen molar-refractivity contribution < 1.29 is 19.0 Å². The van der Waals surface area contributed by atoms with Crippen LogP contribution in [0.3, 0.4) is 0 Å². The number of hydrogen-bond donors (Lipinski definition) is 2. The highest BCUT2D eigenvalue weighted by Crippen LogP contribution is 2.36. The van der Waals surface area contributed by atoms with Gasteiger partial charge >= 0.3 is 0 Å². The van der Waals surface area contributed by atoms with Gasteiger partial charge in [-0.05, 0) is 25.0 Å². The molecule has 2 aliphatic rings. The van der Waals surface area contributed by atoms with Crippen molar-refractivity contribution in [2.45, 2.75) is 29.9 Å². The van der Waals surface area contributed by atoms with E-state index in [0.717, 1.165) is 19.4 Å². The van der Waals surface area contributed by atoms with E-state index < -0.39 is 17.8 Å². The van der Waals surface area contributed by atoms with Gasteiger partial charge < -0.3 is 15.2 Å². The monoisotopic (exact) mass is 283 g/mol. The quantitative estimate of drug-likeness (QED) is 0.834. The molecule has 0 aromatic heterocycles. The van der Waals surface area contributed by atoms with Crippen molar-refractivity contribution >= 4 is 23.4 Å². The molecule has 1 aromatic rings. The van der Waals surface area contributed by atoms with E-state index in [2.05, 4.69) is 5.32 Å². The zero-order valence-electron chi connectivity index (χ0n) is 10.2. The Balaban J connectivity index is 1.76. The van der Waals surface area contributed by atoms with Crippen LogP contribution < -0.4 is 5.32 Å². The number of carbonyl (C=O) groups excluding carboxylic acids is 1. The maximum atomic E-state index is 13.9. The first-order valence-corrected chi connectivity index (χ1v) is 7.20. The normalized spacial score (nSPS) is 25.5. The number of hydrogen-bond acceptors (Lipinski definition) is 4. The number of halogens is 1. The first kappa shape index (κ1) is 12.9. The fourth-order valence-corrected chi connectivity index (χ4v) is 3.34. The highest BCUT2D eigenvalue weighted by Gasteiger charge is 2.30. The van der Waals surface area contributed by atoms with Crippen LogP contribution in [0.4, 0.5) is 10.1 Å². The maximum absolute atomic E-state index is 13.9. The lowest BCUT2D eigenvalue weighted by atomic mass is 10.1. The molecule has 2 N–H and O–H groups in total. The lowest BCUT2D eigenvalue weighted by Crippen LogP contribution is -2.10. The van der Waals surface area contributed by atoms with Crippen molar-refractivity contribution in [3.8, 4) is 0 Å². The summed E-state index contributed by atoms with van der Waals surface area (Å²) in [5, 5.41) is 12.1. The Morgan fingerprint density at radius 1 is 1.53 bits per heavy atom. The second-order valence-electron chi connectivity index (χ2n) is 4.71. The summed E-state index contributed by atoms with van der Waals surface area (Å²) in [6.45, 7) is 0.778. The predicted octanol–water partition coefficient (Wildman–Crippen LogP) is 2.08. The molecule has 0 radical (unpaired) electrons. The van der Waals surface area contributed by atoms with Gasteiger partial charge in [-0.1, -0.05) is 0 Å². The summed E-state index contributed by atoms with van der Waals surface area (Å²) in [4.78, 5) is 11.8. The number of aliphatic hydroxyl groups excluding tert-OH is 1. The fourth-order valence-electron chi connectivity index (χ4n) is 2.31. The number of nitrogens with one attached hydrogen (secondary N) is 1. The summed E-state index contributed by atoms with van der Waals surface area (Å²) in [6, 6.07) is 2.81. The van der Waals surface area contributed by atoms with Gasteiger partial charge in [0.2, 0.25) is 0 Å². The first-order chi connectivity index (χ1) is 9.15. The standard InChI is InChI=1S/C13H14FNO3S/c14-9-4-8-10(15-13(17)12(8)16)5-11(9)19-6-7-2-1-3-18-7/h4-5,7,12,16H,1-3,6H2,(H,15,17). The molecule has 1 saturated heterocycles. The number of amides is 1. The number of thioether (sulfide) groups is 1. The zero-order chi connectivity index (χ0) is 13.4. The molecule has 1 aromatic carbocycles. The Labute approximate surface area is 114 Å². The summed E-state index contributed by atoms with van der Waals surface area (Å²) in [7, 11) is 0. The second-order valence-corrected chi connectivity index (χ2v) is 5.77. The van der Waals surface area contributed by atoms with Gasteiger partial charge in [0.1, 0.15) is 5.82 Å². The van der Waals surface area contributed by atoms with Crippen LogP contribution in [0.5, 0.6) is 0 Å².